The normalized spacial score (nSPS) is 11.1. The van der Waals surface area contributed by atoms with Gasteiger partial charge >= 0.3 is 35.6 Å². The van der Waals surface area contributed by atoms with Gasteiger partial charge in [0.05, 0.1) is 4.90 Å². The molecule has 0 bridgehead atoms. The van der Waals surface area contributed by atoms with E-state index in [0.29, 0.717) is 17.2 Å². The molecule has 0 aliphatic carbocycles. The van der Waals surface area contributed by atoms with Crippen LogP contribution in [0.5, 0.6) is 23.4 Å². The Morgan fingerprint density at radius 2 is 1.31 bits per heavy atom. The minimum Gasteiger partial charge on any atom is -0.744 e. The zero-order chi connectivity index (χ0) is 28.4. The van der Waals surface area contributed by atoms with Crippen molar-refractivity contribution in [1.82, 2.24) is 9.97 Å². The van der Waals surface area contributed by atoms with Crippen molar-refractivity contribution in [2.24, 2.45) is 0 Å². The number of anilines is 2. The topological polar surface area (TPSA) is 113 Å². The zero-order valence-corrected chi connectivity index (χ0v) is 25.3. The molecule has 0 unspecified atom stereocenters. The number of rotatable bonds is 8. The summed E-state index contributed by atoms with van der Waals surface area (Å²) in [7, 11) is -4.74. The number of aromatic nitrogens is 2. The number of hydrogen-bond acceptors (Lipinski definition) is 8. The van der Waals surface area contributed by atoms with Crippen LogP contribution in [0.25, 0.3) is 27.6 Å². The third-order valence-electron chi connectivity index (χ3n) is 6.33. The van der Waals surface area contributed by atoms with E-state index in [0.717, 1.165) is 21.5 Å². The Hall–Kier alpha value is -4.25. The standard InChI is InChI=1S/C32H23N3O5S.Na/c1-2-21-11-14-26(19-29(21)41(36,37)38)33-30-20-31(39-27-15-12-22-7-3-5-9-24(22)17-27)35-32(34-30)40-28-16-13-23-8-4-6-10-25(23)18-28;/h2-20H,1H2,(H,33,34,35)(H,36,37,38);/q;+1/p-1. The van der Waals surface area contributed by atoms with Crippen molar-refractivity contribution in [2.75, 3.05) is 5.32 Å². The van der Waals surface area contributed by atoms with Crippen molar-refractivity contribution in [3.8, 4) is 23.4 Å². The van der Waals surface area contributed by atoms with E-state index in [1.807, 2.05) is 84.9 Å². The summed E-state index contributed by atoms with van der Waals surface area (Å²) in [5, 5.41) is 7.14. The zero-order valence-electron chi connectivity index (χ0n) is 22.5. The molecule has 0 saturated carbocycles. The summed E-state index contributed by atoms with van der Waals surface area (Å²) in [6, 6.07) is 33.0. The number of nitrogens with zero attached hydrogens (tertiary/aromatic N) is 2. The van der Waals surface area contributed by atoms with Crippen molar-refractivity contribution < 1.29 is 52.0 Å². The van der Waals surface area contributed by atoms with Gasteiger partial charge in [-0.2, -0.15) is 9.97 Å². The van der Waals surface area contributed by atoms with Crippen LogP contribution >= 0.6 is 0 Å². The van der Waals surface area contributed by atoms with Gasteiger partial charge in [0.15, 0.2) is 0 Å². The second-order valence-electron chi connectivity index (χ2n) is 9.13. The molecule has 1 aromatic heterocycles. The molecule has 42 heavy (non-hydrogen) atoms. The molecule has 10 heteroatoms. The van der Waals surface area contributed by atoms with Crippen LogP contribution in [0, 0.1) is 0 Å². The summed E-state index contributed by atoms with van der Waals surface area (Å²) in [5.74, 6) is 1.52. The Morgan fingerprint density at radius 3 is 1.90 bits per heavy atom. The minimum absolute atomic E-state index is 0. The summed E-state index contributed by atoms with van der Waals surface area (Å²) in [4.78, 5) is 8.52. The molecule has 0 radical (unpaired) electrons. The molecule has 0 aliphatic rings. The number of nitrogens with one attached hydrogen (secondary N) is 1. The van der Waals surface area contributed by atoms with Gasteiger partial charge in [0.25, 0.3) is 0 Å². The molecule has 0 saturated heterocycles. The molecular weight excluding hydrogens is 561 g/mol. The average Bonchev–Trinajstić information content (AvgIpc) is 2.96. The summed E-state index contributed by atoms with van der Waals surface area (Å²) < 4.78 is 47.6. The third-order valence-corrected chi connectivity index (χ3v) is 7.22. The first-order valence-corrected chi connectivity index (χ1v) is 14.0. The summed E-state index contributed by atoms with van der Waals surface area (Å²) in [5.41, 5.74) is 0.519. The smallest absolute Gasteiger partial charge is 0.744 e. The molecule has 1 N–H and O–H groups in total. The molecule has 0 atom stereocenters. The van der Waals surface area contributed by atoms with Crippen molar-refractivity contribution in [2.45, 2.75) is 4.90 Å². The SMILES string of the molecule is C=Cc1ccc(Nc2cc(Oc3ccc4ccccc4c3)nc(Oc3ccc4ccccc4c3)n2)cc1S(=O)(=O)[O-].[Na+]. The van der Waals surface area contributed by atoms with Gasteiger partial charge in [-0.15, -0.1) is 0 Å². The summed E-state index contributed by atoms with van der Waals surface area (Å²) in [6.07, 6.45) is 1.31. The van der Waals surface area contributed by atoms with Crippen LogP contribution in [0.15, 0.2) is 121 Å². The van der Waals surface area contributed by atoms with Crippen LogP contribution in [0.3, 0.4) is 0 Å². The minimum atomic E-state index is -4.74. The Labute approximate surface area is 264 Å². The molecule has 6 rings (SSSR count). The van der Waals surface area contributed by atoms with Crippen LogP contribution in [-0.4, -0.2) is 22.9 Å². The maximum absolute atomic E-state index is 11.8. The number of benzene rings is 5. The molecule has 0 amide bonds. The van der Waals surface area contributed by atoms with Crippen LogP contribution < -0.4 is 44.3 Å². The van der Waals surface area contributed by atoms with E-state index in [1.54, 1.807) is 12.1 Å². The molecule has 0 spiro atoms. The van der Waals surface area contributed by atoms with E-state index in [4.69, 9.17) is 9.47 Å². The molecule has 6 aromatic rings. The monoisotopic (exact) mass is 583 g/mol. The fourth-order valence-electron chi connectivity index (χ4n) is 4.40. The van der Waals surface area contributed by atoms with Gasteiger partial charge in [-0.1, -0.05) is 79.4 Å². The first kappa shape index (κ1) is 29.2. The fourth-order valence-corrected chi connectivity index (χ4v) is 5.11. The molecule has 202 valence electrons. The second kappa shape index (κ2) is 12.3. The second-order valence-corrected chi connectivity index (χ2v) is 10.5. The van der Waals surface area contributed by atoms with E-state index in [1.165, 1.54) is 18.2 Å². The van der Waals surface area contributed by atoms with E-state index in [-0.39, 0.29) is 52.8 Å². The quantitative estimate of drug-likeness (QED) is 0.203. The van der Waals surface area contributed by atoms with Gasteiger partial charge < -0.3 is 19.3 Å². The van der Waals surface area contributed by atoms with Gasteiger partial charge in [-0.25, -0.2) is 8.42 Å². The van der Waals surface area contributed by atoms with Crippen LogP contribution in [-0.2, 0) is 10.1 Å². The van der Waals surface area contributed by atoms with Gasteiger partial charge in [0.2, 0.25) is 5.88 Å². The number of fused-ring (bicyclic) bond motifs is 2. The van der Waals surface area contributed by atoms with Gasteiger partial charge in [0.1, 0.15) is 27.4 Å². The summed E-state index contributed by atoms with van der Waals surface area (Å²) >= 11 is 0. The maximum Gasteiger partial charge on any atom is 1.00 e. The van der Waals surface area contributed by atoms with E-state index < -0.39 is 15.0 Å². The Balaban J connectivity index is 0.00000353. The average molecular weight is 584 g/mol. The molecule has 0 fully saturated rings. The fraction of sp³-hybridized carbons (Fsp3) is 0. The Bertz CT molecular complexity index is 1950. The van der Waals surface area contributed by atoms with Crippen LogP contribution in [0.1, 0.15) is 5.56 Å². The molecular formula is C32H22N3NaO5S. The van der Waals surface area contributed by atoms with Crippen molar-refractivity contribution in [3.63, 3.8) is 0 Å². The van der Waals surface area contributed by atoms with E-state index >= 15 is 0 Å². The van der Waals surface area contributed by atoms with Gasteiger partial charge in [-0.05, 0) is 63.5 Å². The largest absolute Gasteiger partial charge is 1.00 e. The molecule has 5 aromatic carbocycles. The Kier molecular flexibility index (Phi) is 8.58. The molecule has 1 heterocycles. The van der Waals surface area contributed by atoms with Gasteiger partial charge in [0, 0.05) is 11.8 Å². The van der Waals surface area contributed by atoms with Gasteiger partial charge in [-0.3, -0.25) is 0 Å². The molecule has 8 nitrogen and oxygen atoms in total. The number of hydrogen-bond donors (Lipinski definition) is 1. The van der Waals surface area contributed by atoms with Crippen molar-refractivity contribution >= 4 is 49.2 Å². The first-order valence-electron chi connectivity index (χ1n) is 12.6. The van der Waals surface area contributed by atoms with Crippen molar-refractivity contribution in [1.29, 1.82) is 0 Å². The Morgan fingerprint density at radius 1 is 0.714 bits per heavy atom. The molecule has 0 aliphatic heterocycles. The third kappa shape index (κ3) is 6.62. The maximum atomic E-state index is 11.8. The van der Waals surface area contributed by atoms with E-state index in [9.17, 15) is 13.0 Å². The van der Waals surface area contributed by atoms with Crippen LogP contribution in [0.4, 0.5) is 11.5 Å². The van der Waals surface area contributed by atoms with Crippen molar-refractivity contribution in [3.05, 3.63) is 121 Å². The first-order chi connectivity index (χ1) is 19.8. The predicted molar refractivity (Wildman–Crippen MR) is 158 cm³/mol. The number of ether oxygens (including phenoxy) is 2. The van der Waals surface area contributed by atoms with E-state index in [2.05, 4.69) is 21.9 Å². The summed E-state index contributed by atoms with van der Waals surface area (Å²) in [6.45, 7) is 3.58. The predicted octanol–water partition coefficient (Wildman–Crippen LogP) is 4.66. The van der Waals surface area contributed by atoms with Crippen LogP contribution in [0.2, 0.25) is 0 Å².